The van der Waals surface area contributed by atoms with E-state index in [0.717, 1.165) is 6.07 Å². The number of aromatic amines is 1. The zero-order valence-electron chi connectivity index (χ0n) is 15.5. The Balaban J connectivity index is 1.58. The number of rotatable bonds is 6. The first kappa shape index (κ1) is 18.4. The number of halogens is 2. The summed E-state index contributed by atoms with van der Waals surface area (Å²) in [5.74, 6) is 0.671. The maximum atomic E-state index is 13.8. The molecule has 29 heavy (non-hydrogen) atoms. The van der Waals surface area contributed by atoms with Crippen molar-refractivity contribution in [3.05, 3.63) is 54.2 Å². The lowest BCUT2D eigenvalue weighted by atomic mass is 10.2. The highest BCUT2D eigenvalue weighted by Gasteiger charge is 2.13. The van der Waals surface area contributed by atoms with Gasteiger partial charge in [0.25, 0.3) is 0 Å². The normalized spacial score (nSPS) is 10.8. The Labute approximate surface area is 163 Å². The van der Waals surface area contributed by atoms with E-state index in [4.69, 9.17) is 9.47 Å². The molecule has 0 radical (unpaired) electrons. The third-order valence-electron chi connectivity index (χ3n) is 4.13. The van der Waals surface area contributed by atoms with Crippen molar-refractivity contribution in [3.8, 4) is 11.5 Å². The largest absolute Gasteiger partial charge is 0.493 e. The van der Waals surface area contributed by atoms with Crippen LogP contribution in [0.2, 0.25) is 0 Å². The fourth-order valence-corrected chi connectivity index (χ4v) is 2.79. The summed E-state index contributed by atoms with van der Waals surface area (Å²) in [6, 6.07) is 8.87. The summed E-state index contributed by atoms with van der Waals surface area (Å²) in [6.45, 7) is 0. The molecule has 0 saturated carbocycles. The average Bonchev–Trinajstić information content (AvgIpc) is 3.11. The van der Waals surface area contributed by atoms with Crippen molar-refractivity contribution in [2.75, 3.05) is 24.9 Å². The van der Waals surface area contributed by atoms with Crippen molar-refractivity contribution in [2.45, 2.75) is 0 Å². The third kappa shape index (κ3) is 3.72. The van der Waals surface area contributed by atoms with E-state index in [1.165, 1.54) is 12.3 Å². The van der Waals surface area contributed by atoms with Gasteiger partial charge in [0.15, 0.2) is 23.1 Å². The van der Waals surface area contributed by atoms with Crippen molar-refractivity contribution in [1.29, 1.82) is 0 Å². The quantitative estimate of drug-likeness (QED) is 0.449. The lowest BCUT2D eigenvalue weighted by molar-refractivity contribution is 0.355. The molecule has 0 saturated heterocycles. The van der Waals surface area contributed by atoms with Gasteiger partial charge in [-0.2, -0.15) is 10.1 Å². The number of methoxy groups -OCH3 is 2. The van der Waals surface area contributed by atoms with Gasteiger partial charge >= 0.3 is 0 Å². The molecule has 0 fully saturated rings. The Morgan fingerprint density at radius 3 is 2.59 bits per heavy atom. The lowest BCUT2D eigenvalue weighted by Crippen LogP contribution is -2.01. The van der Waals surface area contributed by atoms with E-state index in [1.807, 2.05) is 0 Å². The van der Waals surface area contributed by atoms with Crippen LogP contribution >= 0.6 is 0 Å². The Morgan fingerprint density at radius 2 is 1.79 bits per heavy atom. The molecule has 4 aromatic rings. The Kier molecular flexibility index (Phi) is 4.82. The van der Waals surface area contributed by atoms with Gasteiger partial charge < -0.3 is 20.1 Å². The van der Waals surface area contributed by atoms with Crippen LogP contribution in [0.25, 0.3) is 10.9 Å². The highest BCUT2D eigenvalue weighted by molar-refractivity contribution is 5.91. The highest BCUT2D eigenvalue weighted by Crippen LogP contribution is 2.31. The second kappa shape index (κ2) is 7.58. The van der Waals surface area contributed by atoms with E-state index >= 15 is 0 Å². The molecule has 2 aromatic carbocycles. The minimum Gasteiger partial charge on any atom is -0.493 e. The molecule has 4 rings (SSSR count). The van der Waals surface area contributed by atoms with Gasteiger partial charge in [0.2, 0.25) is 5.95 Å². The number of hydrogen-bond acceptors (Lipinski definition) is 7. The summed E-state index contributed by atoms with van der Waals surface area (Å²) in [6.07, 6.45) is 1.54. The van der Waals surface area contributed by atoms with Gasteiger partial charge in [-0.25, -0.2) is 13.8 Å². The van der Waals surface area contributed by atoms with Crippen molar-refractivity contribution >= 4 is 34.2 Å². The van der Waals surface area contributed by atoms with Crippen LogP contribution in [0.5, 0.6) is 11.5 Å². The van der Waals surface area contributed by atoms with Crippen LogP contribution in [0, 0.1) is 11.6 Å². The summed E-state index contributed by atoms with van der Waals surface area (Å²) < 4.78 is 37.9. The first-order valence-electron chi connectivity index (χ1n) is 8.49. The predicted octanol–water partition coefficient (Wildman–Crippen LogP) is 4.14. The van der Waals surface area contributed by atoms with E-state index < -0.39 is 11.6 Å². The molecule has 2 heterocycles. The molecule has 0 unspecified atom stereocenters. The maximum absolute atomic E-state index is 13.8. The number of nitrogens with one attached hydrogen (secondary N) is 3. The predicted molar refractivity (Wildman–Crippen MR) is 104 cm³/mol. The Bertz CT molecular complexity index is 1180. The number of hydrogen-bond donors (Lipinski definition) is 3. The molecule has 0 atom stereocenters. The van der Waals surface area contributed by atoms with Gasteiger partial charge in [0, 0.05) is 24.0 Å². The van der Waals surface area contributed by atoms with Crippen LogP contribution in [-0.2, 0) is 0 Å². The molecule has 10 heteroatoms. The van der Waals surface area contributed by atoms with Crippen LogP contribution in [-0.4, -0.2) is 34.4 Å². The molecular weight excluding hydrogens is 382 g/mol. The monoisotopic (exact) mass is 398 g/mol. The molecule has 8 nitrogen and oxygen atoms in total. The van der Waals surface area contributed by atoms with E-state index in [1.54, 1.807) is 38.5 Å². The second-order valence-corrected chi connectivity index (χ2v) is 5.97. The standard InChI is InChI=1S/C19H16F2N6O2/c1-28-14-4-3-11(9-15(14)29-2)23-19-22-6-5-16(25-19)24-18-12-7-10(20)8-13(21)17(12)26-27-18/h3-9H,1-2H3,(H3,22,23,24,25,26,27). The number of ether oxygens (including phenoxy) is 2. The molecular formula is C19H16F2N6O2. The van der Waals surface area contributed by atoms with E-state index in [0.29, 0.717) is 29.0 Å². The fourth-order valence-electron chi connectivity index (χ4n) is 2.79. The van der Waals surface area contributed by atoms with E-state index in [9.17, 15) is 8.78 Å². The van der Waals surface area contributed by atoms with Gasteiger partial charge in [0.1, 0.15) is 17.2 Å². The van der Waals surface area contributed by atoms with Gasteiger partial charge in [-0.05, 0) is 24.3 Å². The van der Waals surface area contributed by atoms with Gasteiger partial charge in [0.05, 0.1) is 19.6 Å². The number of nitrogens with zero attached hydrogens (tertiary/aromatic N) is 3. The van der Waals surface area contributed by atoms with Gasteiger partial charge in [-0.15, -0.1) is 0 Å². The summed E-state index contributed by atoms with van der Waals surface area (Å²) >= 11 is 0. The molecule has 0 bridgehead atoms. The van der Waals surface area contributed by atoms with Crippen molar-refractivity contribution in [3.63, 3.8) is 0 Å². The number of anilines is 4. The van der Waals surface area contributed by atoms with Crippen molar-refractivity contribution in [1.82, 2.24) is 20.2 Å². The van der Waals surface area contributed by atoms with Gasteiger partial charge in [-0.3, -0.25) is 5.10 Å². The fraction of sp³-hybridized carbons (Fsp3) is 0.105. The average molecular weight is 398 g/mol. The minimum absolute atomic E-state index is 0.103. The lowest BCUT2D eigenvalue weighted by Gasteiger charge is -2.11. The number of H-pyrrole nitrogens is 1. The smallest absolute Gasteiger partial charge is 0.229 e. The second-order valence-electron chi connectivity index (χ2n) is 5.97. The third-order valence-corrected chi connectivity index (χ3v) is 4.13. The first-order valence-corrected chi connectivity index (χ1v) is 8.49. The first-order chi connectivity index (χ1) is 14.1. The summed E-state index contributed by atoms with van der Waals surface area (Å²) in [5.41, 5.74) is 0.792. The topological polar surface area (TPSA) is 97.0 Å². The summed E-state index contributed by atoms with van der Waals surface area (Å²) in [4.78, 5) is 8.52. The van der Waals surface area contributed by atoms with Crippen molar-refractivity contribution < 1.29 is 18.3 Å². The minimum atomic E-state index is -0.723. The number of benzene rings is 2. The molecule has 0 amide bonds. The molecule has 3 N–H and O–H groups in total. The SMILES string of the molecule is COc1ccc(Nc2nccc(Nc3n[nH]c4c(F)cc(F)cc34)n2)cc1OC. The molecule has 0 aliphatic heterocycles. The highest BCUT2D eigenvalue weighted by atomic mass is 19.1. The zero-order chi connectivity index (χ0) is 20.4. The van der Waals surface area contributed by atoms with Crippen molar-refractivity contribution in [2.24, 2.45) is 0 Å². The van der Waals surface area contributed by atoms with Crippen LogP contribution in [0.4, 0.5) is 32.1 Å². The van der Waals surface area contributed by atoms with E-state index in [-0.39, 0.29) is 16.7 Å². The van der Waals surface area contributed by atoms with Crippen LogP contribution in [0.3, 0.4) is 0 Å². The molecule has 0 aliphatic rings. The van der Waals surface area contributed by atoms with Crippen LogP contribution in [0.1, 0.15) is 0 Å². The Hall–Kier alpha value is -3.95. The number of aromatic nitrogens is 4. The zero-order valence-corrected chi connectivity index (χ0v) is 15.5. The maximum Gasteiger partial charge on any atom is 0.229 e. The Morgan fingerprint density at radius 1 is 0.966 bits per heavy atom. The summed E-state index contributed by atoms with van der Waals surface area (Å²) in [5, 5.41) is 12.8. The molecule has 0 aliphatic carbocycles. The summed E-state index contributed by atoms with van der Waals surface area (Å²) in [7, 11) is 3.10. The molecule has 0 spiro atoms. The van der Waals surface area contributed by atoms with E-state index in [2.05, 4.69) is 30.8 Å². The van der Waals surface area contributed by atoms with Gasteiger partial charge in [-0.1, -0.05) is 0 Å². The molecule has 148 valence electrons. The van der Waals surface area contributed by atoms with Crippen LogP contribution in [0.15, 0.2) is 42.6 Å². The molecule has 2 aromatic heterocycles. The van der Waals surface area contributed by atoms with Crippen LogP contribution < -0.4 is 20.1 Å². The number of fused-ring (bicyclic) bond motifs is 1.